The molecule has 1 aliphatic carbocycles. The van der Waals surface area contributed by atoms with Crippen molar-refractivity contribution in [2.24, 2.45) is 10.1 Å². The van der Waals surface area contributed by atoms with E-state index in [-0.39, 0.29) is 11.9 Å². The highest BCUT2D eigenvalue weighted by Gasteiger charge is 2.29. The summed E-state index contributed by atoms with van der Waals surface area (Å²) in [5.74, 6) is 0.00162. The summed E-state index contributed by atoms with van der Waals surface area (Å²) in [5.41, 5.74) is 6.60. The second-order valence-electron chi connectivity index (χ2n) is 3.24. The zero-order valence-corrected chi connectivity index (χ0v) is 8.91. The van der Waals surface area contributed by atoms with Crippen LogP contribution in [0, 0.1) is 0 Å². The third-order valence-electron chi connectivity index (χ3n) is 2.26. The van der Waals surface area contributed by atoms with Gasteiger partial charge in [-0.2, -0.15) is 8.42 Å². The summed E-state index contributed by atoms with van der Waals surface area (Å²) >= 11 is 0. The van der Waals surface area contributed by atoms with Gasteiger partial charge in [0.15, 0.2) is 0 Å². The molecule has 1 aliphatic heterocycles. The van der Waals surface area contributed by atoms with Crippen molar-refractivity contribution in [1.82, 2.24) is 4.72 Å². The summed E-state index contributed by atoms with van der Waals surface area (Å²) in [6, 6.07) is 0. The molecule has 0 aromatic rings. The van der Waals surface area contributed by atoms with Crippen molar-refractivity contribution in [2.75, 3.05) is 7.11 Å². The number of nitrogens with one attached hydrogen (secondary N) is 1. The maximum atomic E-state index is 11.3. The van der Waals surface area contributed by atoms with Crippen molar-refractivity contribution in [1.29, 1.82) is 0 Å². The average Bonchev–Trinajstić information content (AvgIpc) is 2.15. The number of hydrogen-bond donors (Lipinski definition) is 2. The maximum Gasteiger partial charge on any atom is 0.344 e. The molecule has 0 fully saturated rings. The van der Waals surface area contributed by atoms with Crippen molar-refractivity contribution in [3.8, 4) is 0 Å². The van der Waals surface area contributed by atoms with Gasteiger partial charge in [0.05, 0.1) is 5.70 Å². The van der Waals surface area contributed by atoms with E-state index in [0.717, 1.165) is 0 Å². The monoisotopic (exact) mass is 229 g/mol. The summed E-state index contributed by atoms with van der Waals surface area (Å²) in [5, 5.41) is 0. The van der Waals surface area contributed by atoms with E-state index in [1.807, 2.05) is 6.08 Å². The molecular weight excluding hydrogens is 218 g/mol. The van der Waals surface area contributed by atoms with E-state index in [4.69, 9.17) is 10.5 Å². The summed E-state index contributed by atoms with van der Waals surface area (Å²) in [4.78, 5) is 0. The highest BCUT2D eigenvalue weighted by Crippen LogP contribution is 2.23. The van der Waals surface area contributed by atoms with Crippen molar-refractivity contribution in [2.45, 2.75) is 12.5 Å². The summed E-state index contributed by atoms with van der Waals surface area (Å²) in [6.07, 6.45) is 3.92. The predicted molar refractivity (Wildman–Crippen MR) is 55.3 cm³/mol. The van der Waals surface area contributed by atoms with Crippen molar-refractivity contribution >= 4 is 16.0 Å². The van der Waals surface area contributed by atoms with E-state index in [2.05, 4.69) is 9.12 Å². The molecule has 2 aliphatic rings. The second kappa shape index (κ2) is 3.35. The van der Waals surface area contributed by atoms with Crippen LogP contribution in [-0.2, 0) is 14.9 Å². The van der Waals surface area contributed by atoms with Crippen molar-refractivity contribution in [3.63, 3.8) is 0 Å². The van der Waals surface area contributed by atoms with Gasteiger partial charge in [0.25, 0.3) is 0 Å². The van der Waals surface area contributed by atoms with Gasteiger partial charge in [-0.25, -0.2) is 0 Å². The van der Waals surface area contributed by atoms with Crippen LogP contribution in [0.2, 0.25) is 0 Å². The van der Waals surface area contributed by atoms with Gasteiger partial charge in [-0.05, 0) is 6.42 Å². The fourth-order valence-electron chi connectivity index (χ4n) is 1.59. The molecule has 0 aromatic carbocycles. The van der Waals surface area contributed by atoms with Gasteiger partial charge in [-0.15, -0.1) is 4.40 Å². The Morgan fingerprint density at radius 1 is 1.67 bits per heavy atom. The van der Waals surface area contributed by atoms with Crippen LogP contribution in [0.25, 0.3) is 0 Å². The molecule has 0 amide bonds. The molecule has 1 heterocycles. The first kappa shape index (κ1) is 10.2. The standard InChI is InChI=1S/C8H11N3O3S/c1-14-6-4-2-3-5-7(6)10-15(12,13)11-8(5)9/h2-3,6,10H,4H2,1H3,(H2,9,11). The smallest absolute Gasteiger partial charge is 0.344 e. The van der Waals surface area contributed by atoms with Crippen LogP contribution in [0.5, 0.6) is 0 Å². The van der Waals surface area contributed by atoms with Gasteiger partial charge >= 0.3 is 10.2 Å². The molecular formula is C8H11N3O3S. The molecule has 15 heavy (non-hydrogen) atoms. The van der Waals surface area contributed by atoms with Crippen LogP contribution >= 0.6 is 0 Å². The summed E-state index contributed by atoms with van der Waals surface area (Å²) in [7, 11) is -2.19. The summed E-state index contributed by atoms with van der Waals surface area (Å²) < 4.78 is 33.4. The SMILES string of the molecule is COC1CC=CC2=C1NS(=O)(=O)N=C2N. The fourth-order valence-corrected chi connectivity index (χ4v) is 2.51. The first-order valence-electron chi connectivity index (χ1n) is 4.35. The lowest BCUT2D eigenvalue weighted by molar-refractivity contribution is 0.129. The van der Waals surface area contributed by atoms with E-state index >= 15 is 0 Å². The Morgan fingerprint density at radius 3 is 3.07 bits per heavy atom. The number of methoxy groups -OCH3 is 1. The van der Waals surface area contributed by atoms with Crippen LogP contribution in [0.3, 0.4) is 0 Å². The molecule has 0 saturated carbocycles. The minimum Gasteiger partial charge on any atom is -0.382 e. The van der Waals surface area contributed by atoms with Gasteiger partial charge in [0.2, 0.25) is 0 Å². The third kappa shape index (κ3) is 1.75. The van der Waals surface area contributed by atoms with Crippen LogP contribution in [-0.4, -0.2) is 27.5 Å². The minimum atomic E-state index is -3.70. The molecule has 1 unspecified atom stereocenters. The molecule has 2 rings (SSSR count). The second-order valence-corrected chi connectivity index (χ2v) is 4.58. The number of amidine groups is 1. The van der Waals surface area contributed by atoms with Gasteiger partial charge in [0, 0.05) is 12.7 Å². The molecule has 3 N–H and O–H groups in total. The van der Waals surface area contributed by atoms with Gasteiger partial charge in [0.1, 0.15) is 11.9 Å². The van der Waals surface area contributed by atoms with E-state index < -0.39 is 10.2 Å². The van der Waals surface area contributed by atoms with Crippen molar-refractivity contribution < 1.29 is 13.2 Å². The molecule has 7 heteroatoms. The van der Waals surface area contributed by atoms with Gasteiger partial charge in [-0.3, -0.25) is 4.72 Å². The lowest BCUT2D eigenvalue weighted by atomic mass is 10.0. The number of nitrogens with zero attached hydrogens (tertiary/aromatic N) is 1. The summed E-state index contributed by atoms with van der Waals surface area (Å²) in [6.45, 7) is 0. The van der Waals surface area contributed by atoms with Gasteiger partial charge in [-0.1, -0.05) is 12.2 Å². The van der Waals surface area contributed by atoms with E-state index in [0.29, 0.717) is 17.7 Å². The Labute approximate surface area is 87.7 Å². The predicted octanol–water partition coefficient (Wildman–Crippen LogP) is -0.579. The van der Waals surface area contributed by atoms with Crippen molar-refractivity contribution in [3.05, 3.63) is 23.4 Å². The molecule has 0 bridgehead atoms. The molecule has 0 aromatic heterocycles. The number of rotatable bonds is 1. The number of nitrogens with two attached hydrogens (primary N) is 1. The number of hydrogen-bond acceptors (Lipinski definition) is 4. The molecule has 1 atom stereocenters. The lowest BCUT2D eigenvalue weighted by Gasteiger charge is -2.26. The third-order valence-corrected chi connectivity index (χ3v) is 3.18. The van der Waals surface area contributed by atoms with Gasteiger partial charge < -0.3 is 10.5 Å². The molecule has 0 spiro atoms. The van der Waals surface area contributed by atoms with E-state index in [1.54, 1.807) is 6.08 Å². The normalized spacial score (nSPS) is 28.1. The highest BCUT2D eigenvalue weighted by atomic mass is 32.2. The van der Waals surface area contributed by atoms with E-state index in [1.165, 1.54) is 7.11 Å². The fraction of sp³-hybridized carbons (Fsp3) is 0.375. The minimum absolute atomic E-state index is 0.00162. The first-order valence-corrected chi connectivity index (χ1v) is 5.79. The number of ether oxygens (including phenoxy) is 1. The molecule has 6 nitrogen and oxygen atoms in total. The van der Waals surface area contributed by atoms with Crippen LogP contribution < -0.4 is 10.5 Å². The average molecular weight is 229 g/mol. The molecule has 0 saturated heterocycles. The Hall–Kier alpha value is -1.34. The molecule has 82 valence electrons. The Bertz CT molecular complexity index is 475. The molecule has 0 radical (unpaired) electrons. The topological polar surface area (TPSA) is 93.8 Å². The Kier molecular flexibility index (Phi) is 2.28. The largest absolute Gasteiger partial charge is 0.382 e. The maximum absolute atomic E-state index is 11.3. The van der Waals surface area contributed by atoms with Crippen LogP contribution in [0.4, 0.5) is 0 Å². The quantitative estimate of drug-likeness (QED) is 0.629. The van der Waals surface area contributed by atoms with E-state index in [9.17, 15) is 8.42 Å². The first-order chi connectivity index (χ1) is 7.03. The highest BCUT2D eigenvalue weighted by molar-refractivity contribution is 7.88. The Balaban J connectivity index is 2.51. The Morgan fingerprint density at radius 2 is 2.40 bits per heavy atom. The van der Waals surface area contributed by atoms with Crippen LogP contribution in [0.15, 0.2) is 27.8 Å². The lowest BCUT2D eigenvalue weighted by Crippen LogP contribution is -2.39. The van der Waals surface area contributed by atoms with Crippen LogP contribution in [0.1, 0.15) is 6.42 Å². The zero-order valence-electron chi connectivity index (χ0n) is 8.10. The zero-order chi connectivity index (χ0) is 11.1.